The molecule has 0 aliphatic heterocycles. The van der Waals surface area contributed by atoms with E-state index < -0.39 is 0 Å². The average Bonchev–Trinajstić information content (AvgIpc) is 2.37. The van der Waals surface area contributed by atoms with Crippen LogP contribution in [0.2, 0.25) is 0 Å². The minimum atomic E-state index is -0.160. The minimum Gasteiger partial charge on any atom is -0.506 e. The Bertz CT molecular complexity index is 646. The Morgan fingerprint density at radius 1 is 1.14 bits per heavy atom. The molecule has 0 aliphatic rings. The van der Waals surface area contributed by atoms with Crippen molar-refractivity contribution < 1.29 is 5.11 Å². The molecule has 22 heavy (non-hydrogen) atoms. The van der Waals surface area contributed by atoms with Crippen LogP contribution in [0.25, 0.3) is 10.4 Å². The topological polar surface area (TPSA) is 69.0 Å². The summed E-state index contributed by atoms with van der Waals surface area (Å²) in [4.78, 5) is 2.70. The first kappa shape index (κ1) is 17.9. The van der Waals surface area contributed by atoms with Gasteiger partial charge in [0, 0.05) is 23.4 Å². The molecule has 0 saturated carbocycles. The third-order valence-corrected chi connectivity index (χ3v) is 3.41. The van der Waals surface area contributed by atoms with Crippen LogP contribution in [0.1, 0.15) is 64.7 Å². The first-order chi connectivity index (χ1) is 10.1. The maximum Gasteiger partial charge on any atom is 0.134 e. The second kappa shape index (κ2) is 6.77. The van der Waals surface area contributed by atoms with Gasteiger partial charge < -0.3 is 5.11 Å². The zero-order valence-corrected chi connectivity index (χ0v) is 14.4. The van der Waals surface area contributed by atoms with Crippen molar-refractivity contribution in [1.29, 1.82) is 0 Å². The predicted octanol–water partition coefficient (Wildman–Crippen LogP) is 5.04. The highest BCUT2D eigenvalue weighted by Crippen LogP contribution is 2.37. The molecular formula is C18H25N3O. The summed E-state index contributed by atoms with van der Waals surface area (Å²) >= 11 is 0. The van der Waals surface area contributed by atoms with Gasteiger partial charge in [0.25, 0.3) is 0 Å². The molecule has 1 aromatic rings. The number of phenolic OH excluding ortho intramolecular Hbond substituents is 1. The molecule has 1 aromatic carbocycles. The van der Waals surface area contributed by atoms with Crippen LogP contribution in [0.15, 0.2) is 17.2 Å². The molecule has 0 aliphatic carbocycles. The second-order valence-corrected chi connectivity index (χ2v) is 7.43. The van der Waals surface area contributed by atoms with E-state index in [-0.39, 0.29) is 16.6 Å². The lowest BCUT2D eigenvalue weighted by molar-refractivity contribution is 0.443. The highest BCUT2D eigenvalue weighted by Gasteiger charge is 2.24. The minimum absolute atomic E-state index is 0.0186. The molecule has 0 heterocycles. The number of hydrogen-bond donors (Lipinski definition) is 1. The van der Waals surface area contributed by atoms with Gasteiger partial charge in [-0.25, -0.2) is 0 Å². The van der Waals surface area contributed by atoms with Gasteiger partial charge >= 0.3 is 0 Å². The number of nitrogens with zero attached hydrogens (tertiary/aromatic N) is 3. The molecule has 118 valence electrons. The van der Waals surface area contributed by atoms with Gasteiger partial charge in [-0.2, -0.15) is 0 Å². The van der Waals surface area contributed by atoms with E-state index in [1.165, 1.54) is 0 Å². The fraction of sp³-hybridized carbons (Fsp3) is 0.556. The van der Waals surface area contributed by atoms with Crippen LogP contribution in [0.3, 0.4) is 0 Å². The van der Waals surface area contributed by atoms with Gasteiger partial charge in [0.15, 0.2) is 0 Å². The maximum absolute atomic E-state index is 10.5. The highest BCUT2D eigenvalue weighted by atomic mass is 16.3. The first-order valence-corrected chi connectivity index (χ1v) is 7.45. The van der Waals surface area contributed by atoms with Crippen LogP contribution in [0.4, 0.5) is 0 Å². The summed E-state index contributed by atoms with van der Waals surface area (Å²) in [5.74, 6) is 6.22. The van der Waals surface area contributed by atoms with Crippen molar-refractivity contribution in [1.82, 2.24) is 0 Å². The van der Waals surface area contributed by atoms with Crippen LogP contribution in [-0.2, 0) is 10.8 Å². The van der Waals surface area contributed by atoms with E-state index in [0.29, 0.717) is 18.5 Å². The van der Waals surface area contributed by atoms with E-state index in [0.717, 1.165) is 11.1 Å². The summed E-state index contributed by atoms with van der Waals surface area (Å²) in [5, 5.41) is 14.0. The Morgan fingerprint density at radius 2 is 1.77 bits per heavy atom. The summed E-state index contributed by atoms with van der Waals surface area (Å²) in [5.41, 5.74) is 10.8. The number of benzene rings is 1. The number of azide groups is 1. The van der Waals surface area contributed by atoms with Gasteiger partial charge in [0.05, 0.1) is 5.56 Å². The Labute approximate surface area is 133 Å². The van der Waals surface area contributed by atoms with Crippen LogP contribution in [0.5, 0.6) is 5.75 Å². The van der Waals surface area contributed by atoms with Crippen molar-refractivity contribution in [3.05, 3.63) is 39.3 Å². The lowest BCUT2D eigenvalue weighted by atomic mass is 9.79. The molecule has 0 aromatic heterocycles. The zero-order valence-electron chi connectivity index (χ0n) is 14.4. The lowest BCUT2D eigenvalue weighted by Crippen LogP contribution is -2.17. The van der Waals surface area contributed by atoms with Crippen LogP contribution in [-0.4, -0.2) is 11.7 Å². The molecule has 4 heteroatoms. The number of hydrogen-bond acceptors (Lipinski definition) is 2. The van der Waals surface area contributed by atoms with Crippen molar-refractivity contribution in [2.24, 2.45) is 5.11 Å². The summed E-state index contributed by atoms with van der Waals surface area (Å²) in [7, 11) is 0. The predicted molar refractivity (Wildman–Crippen MR) is 91.0 cm³/mol. The SMILES string of the molecule is CC(C)(C)c1cc(C#CCCN=[N+]=[N-])c(O)c(C(C)(C)C)c1. The molecule has 0 unspecified atom stereocenters. The zero-order chi connectivity index (χ0) is 17.0. The second-order valence-electron chi connectivity index (χ2n) is 7.43. The standard InChI is InChI=1S/C18H25N3O/c1-17(2,3)14-11-13(9-7-8-10-20-21-19)16(22)15(12-14)18(4,5)6/h11-12,22H,8,10H2,1-6H3. The van der Waals surface area contributed by atoms with Crippen LogP contribution < -0.4 is 0 Å². The molecule has 0 fully saturated rings. The summed E-state index contributed by atoms with van der Waals surface area (Å²) in [6, 6.07) is 4.02. The first-order valence-electron chi connectivity index (χ1n) is 7.45. The van der Waals surface area contributed by atoms with Gasteiger partial charge in [-0.15, -0.1) is 0 Å². The Hall–Kier alpha value is -2.11. The van der Waals surface area contributed by atoms with Gasteiger partial charge in [-0.05, 0) is 28.0 Å². The third kappa shape index (κ3) is 4.72. The van der Waals surface area contributed by atoms with Crippen LogP contribution >= 0.6 is 0 Å². The average molecular weight is 299 g/mol. The normalized spacial score (nSPS) is 11.4. The van der Waals surface area contributed by atoms with Crippen molar-refractivity contribution in [2.45, 2.75) is 58.8 Å². The third-order valence-electron chi connectivity index (χ3n) is 3.41. The van der Waals surface area contributed by atoms with E-state index in [2.05, 4.69) is 69.5 Å². The van der Waals surface area contributed by atoms with Crippen molar-refractivity contribution in [2.75, 3.05) is 6.54 Å². The summed E-state index contributed by atoms with van der Waals surface area (Å²) in [6.07, 6.45) is 0.480. The van der Waals surface area contributed by atoms with Gasteiger partial charge in [0.2, 0.25) is 0 Å². The number of aromatic hydroxyl groups is 1. The number of phenols is 1. The summed E-state index contributed by atoms with van der Waals surface area (Å²) < 4.78 is 0. The Balaban J connectivity index is 3.34. The molecular weight excluding hydrogens is 274 g/mol. The van der Waals surface area contributed by atoms with Gasteiger partial charge in [0.1, 0.15) is 5.75 Å². The van der Waals surface area contributed by atoms with E-state index in [9.17, 15) is 5.11 Å². The molecule has 0 saturated heterocycles. The van der Waals surface area contributed by atoms with Crippen LogP contribution in [0, 0.1) is 11.8 Å². The largest absolute Gasteiger partial charge is 0.506 e. The molecule has 0 amide bonds. The van der Waals surface area contributed by atoms with Gasteiger partial charge in [-0.3, -0.25) is 0 Å². The van der Waals surface area contributed by atoms with E-state index in [1.54, 1.807) is 0 Å². The molecule has 0 bridgehead atoms. The van der Waals surface area contributed by atoms with E-state index >= 15 is 0 Å². The monoisotopic (exact) mass is 299 g/mol. The van der Waals surface area contributed by atoms with Crippen molar-refractivity contribution in [3.8, 4) is 17.6 Å². The van der Waals surface area contributed by atoms with E-state index in [1.807, 2.05) is 6.07 Å². The molecule has 0 radical (unpaired) electrons. The molecule has 1 rings (SSSR count). The lowest BCUT2D eigenvalue weighted by Gasteiger charge is -2.26. The molecule has 0 atom stereocenters. The molecule has 4 nitrogen and oxygen atoms in total. The number of rotatable bonds is 2. The Kier molecular flexibility index (Phi) is 5.52. The summed E-state index contributed by atoms with van der Waals surface area (Å²) in [6.45, 7) is 13.0. The molecule has 1 N–H and O–H groups in total. The fourth-order valence-corrected chi connectivity index (χ4v) is 2.04. The van der Waals surface area contributed by atoms with E-state index in [4.69, 9.17) is 5.53 Å². The maximum atomic E-state index is 10.5. The fourth-order valence-electron chi connectivity index (χ4n) is 2.04. The Morgan fingerprint density at radius 3 is 2.27 bits per heavy atom. The van der Waals surface area contributed by atoms with Crippen molar-refractivity contribution in [3.63, 3.8) is 0 Å². The van der Waals surface area contributed by atoms with Gasteiger partial charge in [-0.1, -0.05) is 64.6 Å². The molecule has 0 spiro atoms. The quantitative estimate of drug-likeness (QED) is 0.268. The highest BCUT2D eigenvalue weighted by molar-refractivity contribution is 5.55. The smallest absolute Gasteiger partial charge is 0.134 e. The van der Waals surface area contributed by atoms with Crippen molar-refractivity contribution >= 4 is 0 Å².